The number of nitrogens with zero attached hydrogens (tertiary/aromatic N) is 4. The number of nitrogens with two attached hydrogens (primary N) is 1. The lowest BCUT2D eigenvalue weighted by molar-refractivity contribution is 0.0946. The highest BCUT2D eigenvalue weighted by Crippen LogP contribution is 2.36. The Kier molecular flexibility index (Phi) is 3.94. The first-order valence-electron chi connectivity index (χ1n) is 7.63. The number of fused-ring (bicyclic) bond motifs is 1. The number of rotatable bonds is 6. The fourth-order valence-electron chi connectivity index (χ4n) is 2.76. The molecule has 0 fully saturated rings. The molecule has 0 aromatic carbocycles. The first-order chi connectivity index (χ1) is 10.6. The lowest BCUT2D eigenvalue weighted by atomic mass is 10.0. The van der Waals surface area contributed by atoms with Crippen LogP contribution in [-0.4, -0.2) is 27.9 Å². The van der Waals surface area contributed by atoms with Gasteiger partial charge in [0.1, 0.15) is 0 Å². The number of aryl methyl sites for hydroxylation is 1. The molecule has 3 N–H and O–H groups in total. The third kappa shape index (κ3) is 3.02. The topological polar surface area (TPSA) is 97.7 Å². The molecule has 1 aromatic rings. The summed E-state index contributed by atoms with van der Waals surface area (Å²) in [6, 6.07) is 1.76. The predicted molar refractivity (Wildman–Crippen MR) is 81.0 cm³/mol. The molecule has 0 bridgehead atoms. The Morgan fingerprint density at radius 1 is 1.55 bits per heavy atom. The maximum absolute atomic E-state index is 12.2. The van der Waals surface area contributed by atoms with Crippen LogP contribution >= 0.6 is 0 Å². The van der Waals surface area contributed by atoms with Crippen LogP contribution in [0, 0.1) is 12.3 Å². The van der Waals surface area contributed by atoms with Crippen molar-refractivity contribution >= 4 is 5.91 Å². The molecule has 0 radical (unpaired) electrons. The van der Waals surface area contributed by atoms with E-state index in [1.165, 1.54) is 0 Å². The monoisotopic (exact) mass is 300 g/mol. The van der Waals surface area contributed by atoms with E-state index in [9.17, 15) is 4.79 Å². The van der Waals surface area contributed by atoms with Crippen LogP contribution in [0.4, 0.5) is 0 Å². The SMILES string of the molecule is C#CCCC1(CCNC(=O)c2cc3n(n2)CCCC3N)N=N1. The molecule has 0 aliphatic carbocycles. The van der Waals surface area contributed by atoms with Gasteiger partial charge >= 0.3 is 0 Å². The molecule has 2 aliphatic heterocycles. The maximum Gasteiger partial charge on any atom is 0.271 e. The van der Waals surface area contributed by atoms with Gasteiger partial charge in [0.2, 0.25) is 0 Å². The number of carbonyl (C=O) groups excluding carboxylic acids is 1. The molecule has 7 nitrogen and oxygen atoms in total. The normalized spacial score (nSPS) is 21.0. The Balaban J connectivity index is 1.52. The van der Waals surface area contributed by atoms with Crippen molar-refractivity contribution in [3.05, 3.63) is 17.5 Å². The Bertz CT molecular complexity index is 635. The van der Waals surface area contributed by atoms with E-state index in [0.29, 0.717) is 25.1 Å². The number of aromatic nitrogens is 2. The Morgan fingerprint density at radius 2 is 2.36 bits per heavy atom. The average molecular weight is 300 g/mol. The Hall–Kier alpha value is -2.20. The first kappa shape index (κ1) is 14.7. The highest BCUT2D eigenvalue weighted by Gasteiger charge is 2.38. The summed E-state index contributed by atoms with van der Waals surface area (Å²) in [5.74, 6) is 2.41. The van der Waals surface area contributed by atoms with Gasteiger partial charge in [-0.15, -0.1) is 12.3 Å². The van der Waals surface area contributed by atoms with Crippen molar-refractivity contribution in [1.82, 2.24) is 15.1 Å². The number of amides is 1. The minimum absolute atomic E-state index is 0.0288. The van der Waals surface area contributed by atoms with Crippen LogP contribution in [0.15, 0.2) is 16.3 Å². The van der Waals surface area contributed by atoms with Crippen molar-refractivity contribution in [2.24, 2.45) is 16.0 Å². The van der Waals surface area contributed by atoms with Crippen molar-refractivity contribution in [2.75, 3.05) is 6.54 Å². The highest BCUT2D eigenvalue weighted by atomic mass is 16.1. The molecule has 0 saturated heterocycles. The summed E-state index contributed by atoms with van der Waals surface area (Å²) in [6.45, 7) is 1.33. The highest BCUT2D eigenvalue weighted by molar-refractivity contribution is 5.92. The van der Waals surface area contributed by atoms with Gasteiger partial charge < -0.3 is 11.1 Å². The summed E-state index contributed by atoms with van der Waals surface area (Å²) in [4.78, 5) is 12.2. The van der Waals surface area contributed by atoms with Gasteiger partial charge in [0.25, 0.3) is 5.91 Å². The van der Waals surface area contributed by atoms with Crippen molar-refractivity contribution in [1.29, 1.82) is 0 Å². The minimum Gasteiger partial charge on any atom is -0.350 e. The lowest BCUT2D eigenvalue weighted by Gasteiger charge is -2.19. The summed E-state index contributed by atoms with van der Waals surface area (Å²) < 4.78 is 1.84. The molecule has 1 atom stereocenters. The summed E-state index contributed by atoms with van der Waals surface area (Å²) >= 11 is 0. The van der Waals surface area contributed by atoms with Crippen molar-refractivity contribution in [3.8, 4) is 12.3 Å². The van der Waals surface area contributed by atoms with Crippen LogP contribution in [0.2, 0.25) is 0 Å². The smallest absolute Gasteiger partial charge is 0.271 e. The second-order valence-corrected chi connectivity index (χ2v) is 5.82. The van der Waals surface area contributed by atoms with Crippen LogP contribution in [-0.2, 0) is 6.54 Å². The summed E-state index contributed by atoms with van der Waals surface area (Å²) in [5.41, 5.74) is 7.04. The van der Waals surface area contributed by atoms with E-state index in [4.69, 9.17) is 12.2 Å². The van der Waals surface area contributed by atoms with E-state index in [2.05, 4.69) is 26.6 Å². The quantitative estimate of drug-likeness (QED) is 0.776. The van der Waals surface area contributed by atoms with E-state index in [1.54, 1.807) is 6.07 Å². The summed E-state index contributed by atoms with van der Waals surface area (Å²) in [5, 5.41) is 15.3. The van der Waals surface area contributed by atoms with E-state index >= 15 is 0 Å². The van der Waals surface area contributed by atoms with Crippen LogP contribution < -0.4 is 11.1 Å². The maximum atomic E-state index is 12.2. The number of carbonyl (C=O) groups is 1. The van der Waals surface area contributed by atoms with Gasteiger partial charge in [-0.2, -0.15) is 15.3 Å². The zero-order valence-corrected chi connectivity index (χ0v) is 12.5. The zero-order chi connectivity index (χ0) is 15.6. The molecule has 1 unspecified atom stereocenters. The van der Waals surface area contributed by atoms with E-state index in [-0.39, 0.29) is 17.6 Å². The molecule has 1 aromatic heterocycles. The van der Waals surface area contributed by atoms with Gasteiger partial charge in [-0.05, 0) is 18.9 Å². The number of hydrogen-bond acceptors (Lipinski definition) is 5. The third-order valence-corrected chi connectivity index (χ3v) is 4.17. The second kappa shape index (κ2) is 5.89. The summed E-state index contributed by atoms with van der Waals surface area (Å²) in [6.07, 6.45) is 9.25. The standard InChI is InChI=1S/C15H20N6O/c1-2-3-6-15(19-20-15)7-8-17-14(22)12-10-13-11(16)5-4-9-21(13)18-12/h1,10-11H,3-9,16H2,(H,17,22). The molecule has 3 rings (SSSR count). The van der Waals surface area contributed by atoms with E-state index in [1.807, 2.05) is 4.68 Å². The predicted octanol–water partition coefficient (Wildman–Crippen LogP) is 1.37. The Morgan fingerprint density at radius 3 is 3.05 bits per heavy atom. The fourth-order valence-corrected chi connectivity index (χ4v) is 2.76. The van der Waals surface area contributed by atoms with Gasteiger partial charge in [-0.3, -0.25) is 9.48 Å². The molecule has 0 spiro atoms. The van der Waals surface area contributed by atoms with Gasteiger partial charge in [-0.25, -0.2) is 0 Å². The molecule has 22 heavy (non-hydrogen) atoms. The average Bonchev–Trinajstić information content (AvgIpc) is 3.13. The molecule has 3 heterocycles. The lowest BCUT2D eigenvalue weighted by Crippen LogP contribution is -2.28. The molecule has 7 heteroatoms. The van der Waals surface area contributed by atoms with Crippen molar-refractivity contribution in [3.63, 3.8) is 0 Å². The van der Waals surface area contributed by atoms with E-state index < -0.39 is 0 Å². The van der Waals surface area contributed by atoms with Gasteiger partial charge in [0.05, 0.1) is 5.69 Å². The van der Waals surface area contributed by atoms with Crippen molar-refractivity contribution in [2.45, 2.75) is 50.4 Å². The molecule has 0 saturated carbocycles. The number of hydrogen-bond donors (Lipinski definition) is 2. The second-order valence-electron chi connectivity index (χ2n) is 5.82. The van der Waals surface area contributed by atoms with Crippen LogP contribution in [0.25, 0.3) is 0 Å². The third-order valence-electron chi connectivity index (χ3n) is 4.17. The fraction of sp³-hybridized carbons (Fsp3) is 0.600. The zero-order valence-electron chi connectivity index (χ0n) is 12.5. The molecular formula is C15H20N6O. The van der Waals surface area contributed by atoms with Crippen LogP contribution in [0.3, 0.4) is 0 Å². The Labute approximate surface area is 129 Å². The minimum atomic E-state index is -0.366. The van der Waals surface area contributed by atoms with Crippen LogP contribution in [0.1, 0.15) is 54.3 Å². The van der Waals surface area contributed by atoms with Crippen LogP contribution in [0.5, 0.6) is 0 Å². The van der Waals surface area contributed by atoms with E-state index in [0.717, 1.165) is 31.5 Å². The number of nitrogens with one attached hydrogen (secondary N) is 1. The van der Waals surface area contributed by atoms with Gasteiger partial charge in [0.15, 0.2) is 11.4 Å². The van der Waals surface area contributed by atoms with Gasteiger partial charge in [-0.1, -0.05) is 0 Å². The number of terminal acetylenes is 1. The molecule has 116 valence electrons. The molecule has 2 aliphatic rings. The largest absolute Gasteiger partial charge is 0.350 e. The molecule has 1 amide bonds. The van der Waals surface area contributed by atoms with Gasteiger partial charge in [0, 0.05) is 38.4 Å². The summed E-state index contributed by atoms with van der Waals surface area (Å²) in [7, 11) is 0. The van der Waals surface area contributed by atoms with Crippen molar-refractivity contribution < 1.29 is 4.79 Å². The first-order valence-corrected chi connectivity index (χ1v) is 7.63. The molecular weight excluding hydrogens is 280 g/mol.